The highest BCUT2D eigenvalue weighted by molar-refractivity contribution is 5.80. The number of likely N-dealkylation sites (N-methyl/N-ethyl adjacent to an activating group) is 1. The van der Waals surface area contributed by atoms with Gasteiger partial charge in [-0.3, -0.25) is 4.79 Å². The summed E-state index contributed by atoms with van der Waals surface area (Å²) in [5, 5.41) is 11.0. The molecule has 1 atom stereocenters. The van der Waals surface area contributed by atoms with Crippen molar-refractivity contribution in [1.82, 2.24) is 9.80 Å². The zero-order valence-corrected chi connectivity index (χ0v) is 15.9. The Morgan fingerprint density at radius 2 is 1.81 bits per heavy atom. The second-order valence-electron chi connectivity index (χ2n) is 7.82. The summed E-state index contributed by atoms with van der Waals surface area (Å²) in [5.41, 5.74) is -0.100. The fourth-order valence-corrected chi connectivity index (χ4v) is 4.20. The lowest BCUT2D eigenvalue weighted by Gasteiger charge is -2.33. The van der Waals surface area contributed by atoms with Crippen LogP contribution in [0.4, 0.5) is 0 Å². The fraction of sp³-hybridized carbons (Fsp3) is 0.667. The zero-order chi connectivity index (χ0) is 18.4. The minimum absolute atomic E-state index is 0.279. The molecule has 1 saturated carbocycles. The van der Waals surface area contributed by atoms with E-state index >= 15 is 0 Å². The molecule has 5 heteroatoms. The van der Waals surface area contributed by atoms with Crippen LogP contribution in [-0.4, -0.2) is 72.9 Å². The molecule has 1 unspecified atom stereocenters. The number of rotatable bonds is 7. The smallest absolute Gasteiger partial charge is 0.316 e. The standard InChI is InChI=1S/C21H32N2O3/c1-22-13-15-23(16-14-22)12-7-17-26-20(24)19(18-8-3-2-4-9-18)21(25)10-5-6-11-21/h2-4,8-9,19,25H,5-7,10-17H2,1H3. The van der Waals surface area contributed by atoms with E-state index in [1.165, 1.54) is 0 Å². The molecule has 0 amide bonds. The summed E-state index contributed by atoms with van der Waals surface area (Å²) in [5.74, 6) is -0.853. The Balaban J connectivity index is 1.53. The summed E-state index contributed by atoms with van der Waals surface area (Å²) in [7, 11) is 2.15. The average Bonchev–Trinajstić information content (AvgIpc) is 3.08. The van der Waals surface area contributed by atoms with Crippen LogP contribution in [0, 0.1) is 0 Å². The first-order valence-electron chi connectivity index (χ1n) is 9.93. The van der Waals surface area contributed by atoms with E-state index in [9.17, 15) is 9.90 Å². The molecular weight excluding hydrogens is 328 g/mol. The van der Waals surface area contributed by atoms with Crippen LogP contribution < -0.4 is 0 Å². The van der Waals surface area contributed by atoms with Crippen molar-refractivity contribution in [2.75, 3.05) is 46.4 Å². The molecule has 26 heavy (non-hydrogen) atoms. The van der Waals surface area contributed by atoms with E-state index in [-0.39, 0.29) is 5.97 Å². The summed E-state index contributed by atoms with van der Waals surface area (Å²) in [4.78, 5) is 17.6. The van der Waals surface area contributed by atoms with E-state index in [4.69, 9.17) is 4.74 Å². The second-order valence-corrected chi connectivity index (χ2v) is 7.82. The van der Waals surface area contributed by atoms with Crippen molar-refractivity contribution in [1.29, 1.82) is 0 Å². The lowest BCUT2D eigenvalue weighted by Crippen LogP contribution is -2.45. The molecule has 1 N–H and O–H groups in total. The van der Waals surface area contributed by atoms with Crippen molar-refractivity contribution < 1.29 is 14.6 Å². The molecule has 2 fully saturated rings. The van der Waals surface area contributed by atoms with Crippen LogP contribution in [0.5, 0.6) is 0 Å². The van der Waals surface area contributed by atoms with Gasteiger partial charge in [-0.25, -0.2) is 0 Å². The van der Waals surface area contributed by atoms with Crippen LogP contribution in [0.2, 0.25) is 0 Å². The minimum atomic E-state index is -0.962. The topological polar surface area (TPSA) is 53.0 Å². The molecule has 2 aliphatic rings. The van der Waals surface area contributed by atoms with Gasteiger partial charge >= 0.3 is 5.97 Å². The van der Waals surface area contributed by atoms with Crippen molar-refractivity contribution in [3.63, 3.8) is 0 Å². The van der Waals surface area contributed by atoms with Crippen molar-refractivity contribution in [3.05, 3.63) is 35.9 Å². The van der Waals surface area contributed by atoms with Gasteiger partial charge in [0.05, 0.1) is 12.2 Å². The highest BCUT2D eigenvalue weighted by Gasteiger charge is 2.45. The third kappa shape index (κ3) is 4.84. The normalized spacial score (nSPS) is 22.2. The minimum Gasteiger partial charge on any atom is -0.465 e. The van der Waals surface area contributed by atoms with E-state index < -0.39 is 11.5 Å². The monoisotopic (exact) mass is 360 g/mol. The molecule has 0 spiro atoms. The first kappa shape index (κ1) is 19.3. The van der Waals surface area contributed by atoms with Crippen LogP contribution in [-0.2, 0) is 9.53 Å². The molecule has 144 valence electrons. The maximum atomic E-state index is 12.8. The number of hydrogen-bond acceptors (Lipinski definition) is 5. The van der Waals surface area contributed by atoms with Gasteiger partial charge in [0.25, 0.3) is 0 Å². The second kappa shape index (κ2) is 8.98. The van der Waals surface area contributed by atoms with Crippen molar-refractivity contribution in [2.24, 2.45) is 0 Å². The van der Waals surface area contributed by atoms with Crippen LogP contribution in [0.1, 0.15) is 43.6 Å². The van der Waals surface area contributed by atoms with Gasteiger partial charge in [0, 0.05) is 32.7 Å². The first-order valence-corrected chi connectivity index (χ1v) is 9.93. The Morgan fingerprint density at radius 1 is 1.15 bits per heavy atom. The molecule has 1 aliphatic carbocycles. The first-order chi connectivity index (χ1) is 12.6. The predicted molar refractivity (Wildman–Crippen MR) is 102 cm³/mol. The summed E-state index contributed by atoms with van der Waals surface area (Å²) in [6, 6.07) is 9.61. The Hall–Kier alpha value is -1.43. The van der Waals surface area contributed by atoms with E-state index in [2.05, 4.69) is 16.8 Å². The maximum Gasteiger partial charge on any atom is 0.316 e. The largest absolute Gasteiger partial charge is 0.465 e. The maximum absolute atomic E-state index is 12.8. The zero-order valence-electron chi connectivity index (χ0n) is 15.9. The molecule has 1 saturated heterocycles. The van der Waals surface area contributed by atoms with Gasteiger partial charge in [-0.15, -0.1) is 0 Å². The van der Waals surface area contributed by atoms with E-state index in [1.54, 1.807) is 0 Å². The van der Waals surface area contributed by atoms with Crippen LogP contribution >= 0.6 is 0 Å². The number of esters is 1. The summed E-state index contributed by atoms with van der Waals surface area (Å²) >= 11 is 0. The lowest BCUT2D eigenvalue weighted by atomic mass is 9.81. The van der Waals surface area contributed by atoms with Gasteiger partial charge in [0.2, 0.25) is 0 Å². The molecule has 0 radical (unpaired) electrons. The van der Waals surface area contributed by atoms with E-state index in [1.807, 2.05) is 30.3 Å². The Bertz CT molecular complexity index is 564. The van der Waals surface area contributed by atoms with Crippen molar-refractivity contribution >= 4 is 5.97 Å². The molecular formula is C21H32N2O3. The Labute approximate surface area is 156 Å². The molecule has 0 bridgehead atoms. The number of piperazine rings is 1. The fourth-order valence-electron chi connectivity index (χ4n) is 4.20. The molecule has 1 aromatic carbocycles. The van der Waals surface area contributed by atoms with Crippen LogP contribution in [0.25, 0.3) is 0 Å². The highest BCUT2D eigenvalue weighted by Crippen LogP contribution is 2.42. The number of ether oxygens (including phenoxy) is 1. The lowest BCUT2D eigenvalue weighted by molar-refractivity contribution is -0.152. The summed E-state index contributed by atoms with van der Waals surface area (Å²) < 4.78 is 5.61. The Morgan fingerprint density at radius 3 is 2.46 bits per heavy atom. The third-order valence-electron chi connectivity index (χ3n) is 5.83. The van der Waals surface area contributed by atoms with E-state index in [0.717, 1.165) is 57.5 Å². The average molecular weight is 360 g/mol. The number of aliphatic hydroxyl groups is 1. The summed E-state index contributed by atoms with van der Waals surface area (Å²) in [6.45, 7) is 5.74. The number of nitrogens with zero attached hydrogens (tertiary/aromatic N) is 2. The van der Waals surface area contributed by atoms with Crippen LogP contribution in [0.15, 0.2) is 30.3 Å². The number of hydrogen-bond donors (Lipinski definition) is 1. The third-order valence-corrected chi connectivity index (χ3v) is 5.83. The molecule has 5 nitrogen and oxygen atoms in total. The molecule has 3 rings (SSSR count). The van der Waals surface area contributed by atoms with Crippen LogP contribution in [0.3, 0.4) is 0 Å². The Kier molecular flexibility index (Phi) is 6.68. The number of carbonyl (C=O) groups excluding carboxylic acids is 1. The molecule has 1 aliphatic heterocycles. The van der Waals surface area contributed by atoms with Gasteiger partial charge in [0.1, 0.15) is 5.92 Å². The van der Waals surface area contributed by atoms with Crippen molar-refractivity contribution in [2.45, 2.75) is 43.6 Å². The summed E-state index contributed by atoms with van der Waals surface area (Å²) in [6.07, 6.45) is 4.12. The van der Waals surface area contributed by atoms with Gasteiger partial charge in [-0.05, 0) is 31.9 Å². The number of benzene rings is 1. The van der Waals surface area contributed by atoms with E-state index in [0.29, 0.717) is 19.4 Å². The highest BCUT2D eigenvalue weighted by atomic mass is 16.5. The molecule has 1 heterocycles. The van der Waals surface area contributed by atoms with Gasteiger partial charge in [-0.1, -0.05) is 43.2 Å². The van der Waals surface area contributed by atoms with Gasteiger partial charge in [0.15, 0.2) is 0 Å². The molecule has 0 aromatic heterocycles. The van der Waals surface area contributed by atoms with Gasteiger partial charge < -0.3 is 19.6 Å². The SMILES string of the molecule is CN1CCN(CCCOC(=O)C(c2ccccc2)C2(O)CCCC2)CC1. The van der Waals surface area contributed by atoms with Gasteiger partial charge in [-0.2, -0.15) is 0 Å². The van der Waals surface area contributed by atoms with Crippen molar-refractivity contribution in [3.8, 4) is 0 Å². The quantitative estimate of drug-likeness (QED) is 0.597. The predicted octanol–water partition coefficient (Wildman–Crippen LogP) is 2.26. The number of carbonyl (C=O) groups is 1. The molecule has 1 aromatic rings.